The molecule has 31 heavy (non-hydrogen) atoms. The van der Waals surface area contributed by atoms with E-state index in [1.807, 2.05) is 0 Å². The first-order chi connectivity index (χ1) is 14.7. The van der Waals surface area contributed by atoms with Crippen molar-refractivity contribution >= 4 is 17.6 Å². The van der Waals surface area contributed by atoms with Crippen molar-refractivity contribution in [2.75, 3.05) is 18.4 Å². The molecule has 2 amide bonds. The van der Waals surface area contributed by atoms with Crippen molar-refractivity contribution in [2.24, 2.45) is 23.5 Å². The maximum atomic E-state index is 11.5. The van der Waals surface area contributed by atoms with E-state index in [0.717, 1.165) is 25.2 Å². The quantitative estimate of drug-likeness (QED) is 0.568. The second-order valence-corrected chi connectivity index (χ2v) is 8.05. The third kappa shape index (κ3) is 8.57. The molecule has 0 bridgehead atoms. The molecule has 0 unspecified atom stereocenters. The van der Waals surface area contributed by atoms with Crippen LogP contribution in [0.1, 0.15) is 61.7 Å². The number of primary amides is 1. The van der Waals surface area contributed by atoms with Crippen LogP contribution < -0.4 is 16.4 Å². The second kappa shape index (κ2) is 11.7. The Hall–Kier alpha value is -2.61. The van der Waals surface area contributed by atoms with Crippen LogP contribution in [0, 0.1) is 29.1 Å². The number of nitrogens with one attached hydrogen (secondary N) is 3. The van der Waals surface area contributed by atoms with Crippen LogP contribution in [0.15, 0.2) is 6.20 Å². The first-order valence-electron chi connectivity index (χ1n) is 10.5. The molecule has 1 aliphatic heterocycles. The molecule has 4 rings (SSSR count). The number of aromatic nitrogens is 2. The predicted molar refractivity (Wildman–Crippen MR) is 108 cm³/mol. The molecule has 1 saturated heterocycles. The van der Waals surface area contributed by atoms with E-state index in [2.05, 4.69) is 26.9 Å². The molecule has 0 atom stereocenters. The monoisotopic (exact) mass is 442 g/mol. The molecule has 11 heteroatoms. The van der Waals surface area contributed by atoms with Crippen LogP contribution in [-0.2, 0) is 4.79 Å². The van der Waals surface area contributed by atoms with Gasteiger partial charge in [-0.15, -0.1) is 0 Å². The maximum Gasteiger partial charge on any atom is 0.394 e. The lowest BCUT2D eigenvalue weighted by Crippen LogP contribution is -2.50. The normalized spacial score (nSPS) is 18.9. The summed E-state index contributed by atoms with van der Waals surface area (Å²) in [6.45, 7) is 0.201. The van der Waals surface area contributed by atoms with Gasteiger partial charge >= 0.3 is 6.18 Å². The number of H-pyrrole nitrogens is 1. The molecule has 0 aromatic carbocycles. The first-order valence-corrected chi connectivity index (χ1v) is 10.5. The minimum atomic E-state index is -3.97. The molecule has 2 heterocycles. The van der Waals surface area contributed by atoms with Crippen LogP contribution in [0.2, 0.25) is 0 Å². The summed E-state index contributed by atoms with van der Waals surface area (Å²) in [5, 5.41) is 19.6. The van der Waals surface area contributed by atoms with Gasteiger partial charge in [-0.25, -0.2) is 0 Å². The van der Waals surface area contributed by atoms with Gasteiger partial charge < -0.3 is 16.4 Å². The Morgan fingerprint density at radius 1 is 1.19 bits per heavy atom. The summed E-state index contributed by atoms with van der Waals surface area (Å²) >= 11 is 0. The van der Waals surface area contributed by atoms with Gasteiger partial charge in [0.1, 0.15) is 11.4 Å². The molecule has 5 N–H and O–H groups in total. The molecule has 0 radical (unpaired) electrons. The van der Waals surface area contributed by atoms with Gasteiger partial charge in [0.25, 0.3) is 5.91 Å². The van der Waals surface area contributed by atoms with Gasteiger partial charge in [-0.2, -0.15) is 23.5 Å². The Kier molecular flexibility index (Phi) is 9.30. The third-order valence-corrected chi connectivity index (χ3v) is 5.45. The van der Waals surface area contributed by atoms with Crippen LogP contribution in [-0.4, -0.2) is 41.3 Å². The number of halogens is 3. The van der Waals surface area contributed by atoms with E-state index in [1.54, 1.807) is 0 Å². The van der Waals surface area contributed by atoms with E-state index in [1.165, 1.54) is 38.3 Å². The number of rotatable bonds is 4. The molecule has 172 valence electrons. The Balaban J connectivity index is 0.000000175. The van der Waals surface area contributed by atoms with Gasteiger partial charge in [0.2, 0.25) is 5.91 Å². The number of carbonyl (C=O) groups is 2. The van der Waals surface area contributed by atoms with Gasteiger partial charge in [0.15, 0.2) is 0 Å². The predicted octanol–water partition coefficient (Wildman–Crippen LogP) is 3.11. The number of nitrogens with zero attached hydrogens (tertiary/aromatic N) is 2. The fraction of sp³-hybridized carbons (Fsp3) is 0.700. The highest BCUT2D eigenvalue weighted by molar-refractivity contribution is 6.02. The largest absolute Gasteiger partial charge is 0.394 e. The molecular formula is C20H29F3N6O2. The van der Waals surface area contributed by atoms with Crippen LogP contribution in [0.5, 0.6) is 0 Å². The maximum absolute atomic E-state index is 11.5. The fourth-order valence-electron chi connectivity index (χ4n) is 3.18. The SMILES string of the molecule is FC(F)(F)C1CNC1.N#CCC1CCCCC1.NC(=O)c1cn[nH]c1NC(=O)C1CC1. The summed E-state index contributed by atoms with van der Waals surface area (Å²) in [6, 6.07) is 2.24. The summed E-state index contributed by atoms with van der Waals surface area (Å²) in [5.41, 5.74) is 5.28. The molecule has 0 spiro atoms. The summed E-state index contributed by atoms with van der Waals surface area (Å²) in [5.74, 6) is -0.665. The molecule has 8 nitrogen and oxygen atoms in total. The van der Waals surface area contributed by atoms with Crippen molar-refractivity contribution < 1.29 is 22.8 Å². The molecular weight excluding hydrogens is 413 g/mol. The fourth-order valence-corrected chi connectivity index (χ4v) is 3.18. The van der Waals surface area contributed by atoms with Crippen molar-refractivity contribution in [3.05, 3.63) is 11.8 Å². The van der Waals surface area contributed by atoms with Crippen molar-refractivity contribution in [2.45, 2.75) is 57.5 Å². The summed E-state index contributed by atoms with van der Waals surface area (Å²) in [4.78, 5) is 22.2. The Morgan fingerprint density at radius 3 is 2.26 bits per heavy atom. The standard InChI is InChI=1S/C8H10N4O2.C8H13N.C4H6F3N/c9-6(13)5-3-10-12-7(5)11-8(14)4-1-2-4;9-7-6-8-4-2-1-3-5-8;5-4(6,7)3-1-8-2-3/h3-4H,1-2H2,(H2,9,13)(H2,10,11,12,14);8H,1-6H2;3,8H,1-2H2. The highest BCUT2D eigenvalue weighted by Crippen LogP contribution is 2.30. The van der Waals surface area contributed by atoms with Gasteiger partial charge in [0, 0.05) is 25.4 Å². The number of carbonyl (C=O) groups excluding carboxylic acids is 2. The Bertz CT molecular complexity index is 760. The minimum Gasteiger partial charge on any atom is -0.365 e. The van der Waals surface area contributed by atoms with Gasteiger partial charge in [-0.3, -0.25) is 14.7 Å². The van der Waals surface area contributed by atoms with Crippen molar-refractivity contribution in [3.63, 3.8) is 0 Å². The zero-order valence-corrected chi connectivity index (χ0v) is 17.3. The smallest absolute Gasteiger partial charge is 0.365 e. The Morgan fingerprint density at radius 2 is 1.84 bits per heavy atom. The van der Waals surface area contributed by atoms with Gasteiger partial charge in [-0.05, 0) is 31.6 Å². The molecule has 1 aromatic heterocycles. The molecule has 2 aliphatic carbocycles. The van der Waals surface area contributed by atoms with Crippen LogP contribution in [0.3, 0.4) is 0 Å². The topological polar surface area (TPSA) is 137 Å². The first kappa shape index (κ1) is 24.7. The van der Waals surface area contributed by atoms with E-state index in [-0.39, 0.29) is 36.3 Å². The molecule has 3 aliphatic rings. The number of nitrogens with two attached hydrogens (primary N) is 1. The number of alkyl halides is 3. The number of aromatic amines is 1. The summed E-state index contributed by atoms with van der Waals surface area (Å²) in [6.07, 6.45) is 6.63. The van der Waals surface area contributed by atoms with Crippen LogP contribution in [0.25, 0.3) is 0 Å². The number of amides is 2. The molecule has 2 saturated carbocycles. The van der Waals surface area contributed by atoms with E-state index >= 15 is 0 Å². The van der Waals surface area contributed by atoms with Crippen LogP contribution in [0.4, 0.5) is 19.0 Å². The number of nitriles is 1. The van der Waals surface area contributed by atoms with Crippen molar-refractivity contribution in [1.82, 2.24) is 15.5 Å². The summed E-state index contributed by atoms with van der Waals surface area (Å²) < 4.78 is 34.4. The van der Waals surface area contributed by atoms with E-state index in [9.17, 15) is 22.8 Å². The van der Waals surface area contributed by atoms with Crippen LogP contribution >= 0.6 is 0 Å². The zero-order valence-electron chi connectivity index (χ0n) is 17.3. The van der Waals surface area contributed by atoms with Gasteiger partial charge in [0.05, 0.1) is 18.2 Å². The molecule has 3 fully saturated rings. The van der Waals surface area contributed by atoms with E-state index < -0.39 is 18.0 Å². The summed E-state index contributed by atoms with van der Waals surface area (Å²) in [7, 11) is 0. The second-order valence-electron chi connectivity index (χ2n) is 8.05. The van der Waals surface area contributed by atoms with Gasteiger partial charge in [-0.1, -0.05) is 19.3 Å². The average molecular weight is 442 g/mol. The highest BCUT2D eigenvalue weighted by Gasteiger charge is 2.42. The lowest BCUT2D eigenvalue weighted by molar-refractivity contribution is -0.185. The number of hydrogen-bond acceptors (Lipinski definition) is 5. The lowest BCUT2D eigenvalue weighted by atomic mass is 9.87. The van der Waals surface area contributed by atoms with Crippen molar-refractivity contribution in [3.8, 4) is 6.07 Å². The number of hydrogen-bond donors (Lipinski definition) is 4. The number of anilines is 1. The minimum absolute atomic E-state index is 0.0824. The van der Waals surface area contributed by atoms with Crippen molar-refractivity contribution in [1.29, 1.82) is 5.26 Å². The average Bonchev–Trinajstić information content (AvgIpc) is 3.41. The lowest BCUT2D eigenvalue weighted by Gasteiger charge is -2.28. The van der Waals surface area contributed by atoms with E-state index in [0.29, 0.717) is 0 Å². The Labute approximate surface area is 179 Å². The van der Waals surface area contributed by atoms with E-state index in [4.69, 9.17) is 11.0 Å². The molecule has 1 aromatic rings. The highest BCUT2D eigenvalue weighted by atomic mass is 19.4. The third-order valence-electron chi connectivity index (χ3n) is 5.45. The zero-order chi connectivity index (χ0) is 22.9.